The minimum Gasteiger partial charge on any atom is -0.245 e. The second-order valence-electron chi connectivity index (χ2n) is 2.55. The fraction of sp³-hybridized carbons (Fsp3) is 1.00. The fourth-order valence-electron chi connectivity index (χ4n) is 0.945. The molecule has 11 heavy (non-hydrogen) atoms. The van der Waals surface area contributed by atoms with Gasteiger partial charge in [0.25, 0.3) is 0 Å². The third kappa shape index (κ3) is 2.76. The molecule has 0 aromatic carbocycles. The van der Waals surface area contributed by atoms with Crippen molar-refractivity contribution in [2.45, 2.75) is 32.3 Å². The van der Waals surface area contributed by atoms with E-state index in [-0.39, 0.29) is 12.7 Å². The zero-order valence-electron chi connectivity index (χ0n) is 6.45. The molecule has 1 aliphatic rings. The van der Waals surface area contributed by atoms with Gasteiger partial charge < -0.3 is 0 Å². The Hall–Kier alpha value is -0.130. The van der Waals surface area contributed by atoms with Gasteiger partial charge in [0.2, 0.25) is 0 Å². The maximum atomic E-state index is 10.6. The number of unbranched alkanes of at least 4 members (excludes halogenated alkanes) is 1. The summed E-state index contributed by atoms with van der Waals surface area (Å²) in [6.07, 6.45) is 2.53. The average Bonchev–Trinajstić information content (AvgIpc) is 2.26. The molecule has 66 valence electrons. The van der Waals surface area contributed by atoms with Crippen LogP contribution in [0.15, 0.2) is 0 Å². The van der Waals surface area contributed by atoms with Gasteiger partial charge in [-0.05, 0) is 6.42 Å². The van der Waals surface area contributed by atoms with E-state index in [2.05, 4.69) is 8.37 Å². The van der Waals surface area contributed by atoms with Crippen LogP contribution in [0, 0.1) is 0 Å². The molecule has 1 aliphatic heterocycles. The van der Waals surface area contributed by atoms with Crippen LogP contribution < -0.4 is 0 Å². The van der Waals surface area contributed by atoms with Crippen molar-refractivity contribution in [2.24, 2.45) is 0 Å². The van der Waals surface area contributed by atoms with E-state index < -0.39 is 10.4 Å². The monoisotopic (exact) mass is 180 g/mol. The molecule has 5 heteroatoms. The van der Waals surface area contributed by atoms with Crippen molar-refractivity contribution in [1.82, 2.24) is 0 Å². The molecule has 0 radical (unpaired) electrons. The first-order valence-corrected chi connectivity index (χ1v) is 5.05. The predicted molar refractivity (Wildman–Crippen MR) is 39.3 cm³/mol. The Labute approximate surface area is 66.8 Å². The Morgan fingerprint density at radius 2 is 2.27 bits per heavy atom. The summed E-state index contributed by atoms with van der Waals surface area (Å²) in [6, 6.07) is 0. The summed E-state index contributed by atoms with van der Waals surface area (Å²) in [5.74, 6) is 0. The molecule has 0 spiro atoms. The van der Waals surface area contributed by atoms with Crippen LogP contribution >= 0.6 is 0 Å². The van der Waals surface area contributed by atoms with Gasteiger partial charge in [-0.3, -0.25) is 0 Å². The lowest BCUT2D eigenvalue weighted by molar-refractivity contribution is 0.220. The van der Waals surface area contributed by atoms with E-state index in [4.69, 9.17) is 0 Å². The van der Waals surface area contributed by atoms with E-state index >= 15 is 0 Å². The molecule has 0 bridgehead atoms. The van der Waals surface area contributed by atoms with Gasteiger partial charge in [-0.25, -0.2) is 8.37 Å². The molecule has 1 saturated heterocycles. The number of hydrogen-bond acceptors (Lipinski definition) is 4. The van der Waals surface area contributed by atoms with Gasteiger partial charge in [-0.15, -0.1) is 0 Å². The Morgan fingerprint density at radius 3 is 2.73 bits per heavy atom. The predicted octanol–water partition coefficient (Wildman–Crippen LogP) is 0.837. The second-order valence-corrected chi connectivity index (χ2v) is 3.80. The van der Waals surface area contributed by atoms with Gasteiger partial charge >= 0.3 is 10.4 Å². The maximum Gasteiger partial charge on any atom is 0.400 e. The highest BCUT2D eigenvalue weighted by Crippen LogP contribution is 2.17. The Bertz CT molecular complexity index is 209. The van der Waals surface area contributed by atoms with Gasteiger partial charge in [0.15, 0.2) is 0 Å². The van der Waals surface area contributed by atoms with E-state index in [0.29, 0.717) is 0 Å². The van der Waals surface area contributed by atoms with Crippen LogP contribution in [0.25, 0.3) is 0 Å². The summed E-state index contributed by atoms with van der Waals surface area (Å²) in [5.41, 5.74) is 0. The van der Waals surface area contributed by atoms with E-state index in [1.807, 2.05) is 6.92 Å². The second kappa shape index (κ2) is 3.51. The summed E-state index contributed by atoms with van der Waals surface area (Å²) in [5, 5.41) is 0. The van der Waals surface area contributed by atoms with E-state index in [1.54, 1.807) is 0 Å². The molecule has 0 saturated carbocycles. The van der Waals surface area contributed by atoms with Crippen molar-refractivity contribution in [2.75, 3.05) is 6.61 Å². The zero-order valence-corrected chi connectivity index (χ0v) is 7.26. The van der Waals surface area contributed by atoms with Crippen molar-refractivity contribution in [3.05, 3.63) is 0 Å². The highest BCUT2D eigenvalue weighted by atomic mass is 32.3. The first-order valence-electron chi connectivity index (χ1n) is 3.71. The van der Waals surface area contributed by atoms with Crippen LogP contribution in [-0.2, 0) is 18.8 Å². The molecule has 0 aromatic rings. The van der Waals surface area contributed by atoms with Crippen LogP contribution in [-0.4, -0.2) is 21.1 Å². The Balaban J connectivity index is 2.31. The van der Waals surface area contributed by atoms with Crippen LogP contribution in [0.3, 0.4) is 0 Å². The quantitative estimate of drug-likeness (QED) is 0.645. The Kier molecular flexibility index (Phi) is 2.86. The van der Waals surface area contributed by atoms with E-state index in [1.165, 1.54) is 0 Å². The van der Waals surface area contributed by atoms with Crippen molar-refractivity contribution in [3.63, 3.8) is 0 Å². The fourth-order valence-corrected chi connectivity index (χ4v) is 1.80. The lowest BCUT2D eigenvalue weighted by Crippen LogP contribution is -2.09. The van der Waals surface area contributed by atoms with Gasteiger partial charge in [0.1, 0.15) is 6.10 Å². The molecular formula is C6H12O4S. The molecule has 4 nitrogen and oxygen atoms in total. The molecule has 1 unspecified atom stereocenters. The van der Waals surface area contributed by atoms with Gasteiger partial charge in [0, 0.05) is 0 Å². The van der Waals surface area contributed by atoms with Crippen LogP contribution in [0.5, 0.6) is 0 Å². The normalized spacial score (nSPS) is 29.0. The zero-order chi connectivity index (χ0) is 8.32. The van der Waals surface area contributed by atoms with Crippen LogP contribution in [0.2, 0.25) is 0 Å². The van der Waals surface area contributed by atoms with Crippen molar-refractivity contribution in [3.8, 4) is 0 Å². The van der Waals surface area contributed by atoms with Gasteiger partial charge in [-0.2, -0.15) is 8.42 Å². The highest BCUT2D eigenvalue weighted by molar-refractivity contribution is 7.82. The average molecular weight is 180 g/mol. The van der Waals surface area contributed by atoms with Crippen LogP contribution in [0.4, 0.5) is 0 Å². The third-order valence-electron chi connectivity index (χ3n) is 1.53. The molecule has 1 heterocycles. The molecule has 0 N–H and O–H groups in total. The molecule has 1 rings (SSSR count). The Morgan fingerprint density at radius 1 is 1.55 bits per heavy atom. The molecule has 0 aromatic heterocycles. The standard InChI is InChI=1S/C6H12O4S/c1-2-3-4-6-5-9-11(7,8)10-6/h6H,2-5H2,1H3. The van der Waals surface area contributed by atoms with Gasteiger partial charge in [0.05, 0.1) is 6.61 Å². The van der Waals surface area contributed by atoms with Crippen molar-refractivity contribution >= 4 is 10.4 Å². The molecule has 0 aliphatic carbocycles. The SMILES string of the molecule is CCCCC1COS(=O)(=O)O1. The molecular weight excluding hydrogens is 168 g/mol. The van der Waals surface area contributed by atoms with Crippen molar-refractivity contribution < 1.29 is 16.8 Å². The molecule has 0 amide bonds. The highest BCUT2D eigenvalue weighted by Gasteiger charge is 2.28. The third-order valence-corrected chi connectivity index (χ3v) is 2.46. The minimum absolute atomic E-state index is 0.183. The first kappa shape index (κ1) is 8.96. The summed E-state index contributed by atoms with van der Waals surface area (Å²) in [4.78, 5) is 0. The summed E-state index contributed by atoms with van der Waals surface area (Å²) in [7, 11) is -3.63. The molecule has 1 atom stereocenters. The first-order chi connectivity index (χ1) is 5.14. The number of rotatable bonds is 3. The van der Waals surface area contributed by atoms with Crippen LogP contribution in [0.1, 0.15) is 26.2 Å². The molecule has 1 fully saturated rings. The lowest BCUT2D eigenvalue weighted by Gasteiger charge is -2.01. The van der Waals surface area contributed by atoms with E-state index in [9.17, 15) is 8.42 Å². The summed E-state index contributed by atoms with van der Waals surface area (Å²) < 4.78 is 30.1. The minimum atomic E-state index is -3.63. The van der Waals surface area contributed by atoms with E-state index in [0.717, 1.165) is 19.3 Å². The summed E-state index contributed by atoms with van der Waals surface area (Å²) in [6.45, 7) is 2.23. The largest absolute Gasteiger partial charge is 0.400 e. The maximum absolute atomic E-state index is 10.6. The van der Waals surface area contributed by atoms with Gasteiger partial charge in [-0.1, -0.05) is 19.8 Å². The lowest BCUT2D eigenvalue weighted by atomic mass is 10.2. The van der Waals surface area contributed by atoms with Crippen molar-refractivity contribution in [1.29, 1.82) is 0 Å². The summed E-state index contributed by atoms with van der Waals surface area (Å²) >= 11 is 0. The number of hydrogen-bond donors (Lipinski definition) is 0. The topological polar surface area (TPSA) is 52.6 Å². The smallest absolute Gasteiger partial charge is 0.245 e.